The highest BCUT2D eigenvalue weighted by atomic mass is 32.2. The van der Waals surface area contributed by atoms with E-state index >= 15 is 0 Å². The number of esters is 1. The van der Waals surface area contributed by atoms with E-state index < -0.39 is 34.3 Å². The van der Waals surface area contributed by atoms with Crippen LogP contribution >= 0.6 is 0 Å². The zero-order valence-corrected chi connectivity index (χ0v) is 16.5. The second-order valence-corrected chi connectivity index (χ2v) is 7.62. The van der Waals surface area contributed by atoms with Crippen molar-refractivity contribution in [3.8, 4) is 5.75 Å². The van der Waals surface area contributed by atoms with Crippen molar-refractivity contribution >= 4 is 21.9 Å². The summed E-state index contributed by atoms with van der Waals surface area (Å²) in [4.78, 5) is 23.4. The van der Waals surface area contributed by atoms with Crippen molar-refractivity contribution < 1.29 is 31.9 Å². The number of ether oxygens (including phenoxy) is 2. The molecule has 0 saturated carbocycles. The lowest BCUT2D eigenvalue weighted by atomic mass is 10.2. The fraction of sp³-hybridized carbons (Fsp3) is 0.263. The van der Waals surface area contributed by atoms with Gasteiger partial charge in [-0.05, 0) is 30.3 Å². The van der Waals surface area contributed by atoms with Crippen LogP contribution in [0.25, 0.3) is 0 Å². The summed E-state index contributed by atoms with van der Waals surface area (Å²) in [6.45, 7) is -0.771. The third kappa shape index (κ3) is 7.16. The quantitative estimate of drug-likeness (QED) is 0.557. The Morgan fingerprint density at radius 3 is 2.41 bits per heavy atom. The molecule has 0 unspecified atom stereocenters. The molecule has 2 aromatic carbocycles. The van der Waals surface area contributed by atoms with Crippen molar-refractivity contribution in [1.82, 2.24) is 10.0 Å². The first-order valence-electron chi connectivity index (χ1n) is 8.61. The second kappa shape index (κ2) is 10.5. The van der Waals surface area contributed by atoms with E-state index in [1.807, 2.05) is 0 Å². The van der Waals surface area contributed by atoms with Gasteiger partial charge in [-0.2, -0.15) is 0 Å². The first kappa shape index (κ1) is 22.3. The lowest BCUT2D eigenvalue weighted by Crippen LogP contribution is -2.30. The molecule has 0 bridgehead atoms. The second-order valence-electron chi connectivity index (χ2n) is 5.85. The van der Waals surface area contributed by atoms with Crippen LogP contribution in [0.2, 0.25) is 0 Å². The first-order chi connectivity index (χ1) is 13.8. The summed E-state index contributed by atoms with van der Waals surface area (Å²) < 4.78 is 49.7. The van der Waals surface area contributed by atoms with Crippen molar-refractivity contribution in [2.45, 2.75) is 17.9 Å². The van der Waals surface area contributed by atoms with E-state index in [0.717, 1.165) is 0 Å². The molecule has 0 aliphatic rings. The lowest BCUT2D eigenvalue weighted by Gasteiger charge is -2.09. The Bertz CT molecular complexity index is 947. The van der Waals surface area contributed by atoms with Crippen molar-refractivity contribution in [3.63, 3.8) is 0 Å². The average Bonchev–Trinajstić information content (AvgIpc) is 2.71. The van der Waals surface area contributed by atoms with Crippen LogP contribution in [-0.4, -0.2) is 40.6 Å². The van der Waals surface area contributed by atoms with E-state index in [-0.39, 0.29) is 24.4 Å². The third-order valence-electron chi connectivity index (χ3n) is 3.79. The van der Waals surface area contributed by atoms with E-state index in [4.69, 9.17) is 9.47 Å². The van der Waals surface area contributed by atoms with Crippen LogP contribution in [-0.2, 0) is 30.9 Å². The van der Waals surface area contributed by atoms with E-state index in [1.165, 1.54) is 49.6 Å². The van der Waals surface area contributed by atoms with Crippen molar-refractivity contribution in [2.75, 3.05) is 20.3 Å². The minimum Gasteiger partial charge on any atom is -0.497 e. The van der Waals surface area contributed by atoms with Gasteiger partial charge in [0.1, 0.15) is 11.6 Å². The van der Waals surface area contributed by atoms with Crippen molar-refractivity contribution in [1.29, 1.82) is 0 Å². The predicted molar refractivity (Wildman–Crippen MR) is 102 cm³/mol. The molecule has 0 radical (unpaired) electrons. The van der Waals surface area contributed by atoms with Gasteiger partial charge in [0.15, 0.2) is 6.61 Å². The van der Waals surface area contributed by atoms with Crippen molar-refractivity contribution in [2.24, 2.45) is 0 Å². The molecule has 2 aromatic rings. The molecule has 10 heteroatoms. The average molecular weight is 424 g/mol. The summed E-state index contributed by atoms with van der Waals surface area (Å²) in [5.74, 6) is -1.28. The largest absolute Gasteiger partial charge is 0.497 e. The normalized spacial score (nSPS) is 11.0. The zero-order chi connectivity index (χ0) is 21.3. The molecule has 0 fully saturated rings. The number of hydrogen-bond acceptors (Lipinski definition) is 6. The molecule has 2 N–H and O–H groups in total. The van der Waals surface area contributed by atoms with Crippen LogP contribution in [0.1, 0.15) is 12.0 Å². The van der Waals surface area contributed by atoms with Crippen LogP contribution in [0.3, 0.4) is 0 Å². The summed E-state index contributed by atoms with van der Waals surface area (Å²) in [6.07, 6.45) is -0.254. The number of hydrogen-bond donors (Lipinski definition) is 2. The van der Waals surface area contributed by atoms with Gasteiger partial charge in [-0.1, -0.05) is 18.2 Å². The van der Waals surface area contributed by atoms with Gasteiger partial charge >= 0.3 is 5.97 Å². The molecule has 0 aromatic heterocycles. The Morgan fingerprint density at radius 1 is 1.07 bits per heavy atom. The Kier molecular flexibility index (Phi) is 8.10. The van der Waals surface area contributed by atoms with Crippen LogP contribution in [0.4, 0.5) is 4.39 Å². The summed E-state index contributed by atoms with van der Waals surface area (Å²) in [7, 11) is -2.32. The number of carbonyl (C=O) groups is 2. The number of sulfonamides is 1. The fourth-order valence-electron chi connectivity index (χ4n) is 2.23. The number of rotatable bonds is 10. The maximum atomic E-state index is 13.5. The molecule has 0 saturated heterocycles. The standard InChI is InChI=1S/C19H21FN2O6S/c1-27-15-6-8-16(9-7-15)29(25,26)22-11-10-19(24)28-13-18(23)21-12-14-4-2-3-5-17(14)20/h2-9,22H,10-13H2,1H3,(H,21,23). The summed E-state index contributed by atoms with van der Waals surface area (Å²) >= 11 is 0. The molecule has 2 rings (SSSR count). The topological polar surface area (TPSA) is 111 Å². The molecule has 0 aliphatic heterocycles. The van der Waals surface area contributed by atoms with Crippen LogP contribution < -0.4 is 14.8 Å². The SMILES string of the molecule is COc1ccc(S(=O)(=O)NCCC(=O)OCC(=O)NCc2ccccc2F)cc1. The van der Waals surface area contributed by atoms with E-state index in [9.17, 15) is 22.4 Å². The molecule has 0 spiro atoms. The number of halogens is 1. The smallest absolute Gasteiger partial charge is 0.307 e. The minimum atomic E-state index is -3.78. The van der Waals surface area contributed by atoms with Gasteiger partial charge in [0.25, 0.3) is 5.91 Å². The highest BCUT2D eigenvalue weighted by Crippen LogP contribution is 2.15. The monoisotopic (exact) mass is 424 g/mol. The molecule has 0 heterocycles. The van der Waals surface area contributed by atoms with Gasteiger partial charge in [0.2, 0.25) is 10.0 Å². The summed E-state index contributed by atoms with van der Waals surface area (Å²) in [5, 5.41) is 2.43. The van der Waals surface area contributed by atoms with E-state index in [1.54, 1.807) is 6.07 Å². The molecule has 0 atom stereocenters. The number of nitrogens with one attached hydrogen (secondary N) is 2. The molecule has 0 aliphatic carbocycles. The van der Waals surface area contributed by atoms with E-state index in [0.29, 0.717) is 11.3 Å². The Morgan fingerprint density at radius 2 is 1.76 bits per heavy atom. The zero-order valence-electron chi connectivity index (χ0n) is 15.7. The van der Waals surface area contributed by atoms with Crippen LogP contribution in [0.15, 0.2) is 53.4 Å². The van der Waals surface area contributed by atoms with Gasteiger partial charge in [-0.3, -0.25) is 9.59 Å². The minimum absolute atomic E-state index is 0.0270. The Hall–Kier alpha value is -2.98. The first-order valence-corrected chi connectivity index (χ1v) is 10.1. The lowest BCUT2D eigenvalue weighted by molar-refractivity contribution is -0.148. The molecular formula is C19H21FN2O6S. The molecular weight excluding hydrogens is 403 g/mol. The van der Waals surface area contributed by atoms with Crippen LogP contribution in [0.5, 0.6) is 5.75 Å². The number of carbonyl (C=O) groups excluding carboxylic acids is 2. The van der Waals surface area contributed by atoms with Gasteiger partial charge in [0.05, 0.1) is 18.4 Å². The predicted octanol–water partition coefficient (Wildman–Crippen LogP) is 1.36. The van der Waals surface area contributed by atoms with Crippen LogP contribution in [0, 0.1) is 5.82 Å². The van der Waals surface area contributed by atoms with Gasteiger partial charge < -0.3 is 14.8 Å². The maximum Gasteiger partial charge on any atom is 0.307 e. The number of methoxy groups -OCH3 is 1. The molecule has 29 heavy (non-hydrogen) atoms. The number of benzene rings is 2. The highest BCUT2D eigenvalue weighted by molar-refractivity contribution is 7.89. The summed E-state index contributed by atoms with van der Waals surface area (Å²) in [5.41, 5.74) is 0.306. The Labute approximate surface area is 168 Å². The molecule has 156 valence electrons. The molecule has 8 nitrogen and oxygen atoms in total. The van der Waals surface area contributed by atoms with E-state index in [2.05, 4.69) is 10.0 Å². The fourth-order valence-corrected chi connectivity index (χ4v) is 3.26. The third-order valence-corrected chi connectivity index (χ3v) is 5.27. The van der Waals surface area contributed by atoms with Gasteiger partial charge in [0, 0.05) is 18.7 Å². The maximum absolute atomic E-state index is 13.5. The number of amides is 1. The Balaban J connectivity index is 1.69. The summed E-state index contributed by atoms with van der Waals surface area (Å²) in [6, 6.07) is 11.7. The van der Waals surface area contributed by atoms with Crippen molar-refractivity contribution in [3.05, 3.63) is 59.9 Å². The molecule has 1 amide bonds. The van der Waals surface area contributed by atoms with Gasteiger partial charge in [-0.15, -0.1) is 0 Å². The highest BCUT2D eigenvalue weighted by Gasteiger charge is 2.15. The van der Waals surface area contributed by atoms with Gasteiger partial charge in [-0.25, -0.2) is 17.5 Å².